The summed E-state index contributed by atoms with van der Waals surface area (Å²) in [5.74, 6) is 0.652. The third kappa shape index (κ3) is 4.51. The highest BCUT2D eigenvalue weighted by Gasteiger charge is 2.19. The second kappa shape index (κ2) is 8.06. The molecule has 0 saturated carbocycles. The van der Waals surface area contributed by atoms with Crippen molar-refractivity contribution in [2.24, 2.45) is 0 Å². The van der Waals surface area contributed by atoms with Crippen LogP contribution < -0.4 is 5.32 Å². The Morgan fingerprint density at radius 1 is 1.22 bits per heavy atom. The summed E-state index contributed by atoms with van der Waals surface area (Å²) in [6.45, 7) is 3.28. The molecule has 1 N–H and O–H groups in total. The Bertz CT molecular complexity index is 550. The quantitative estimate of drug-likeness (QED) is 0.844. The van der Waals surface area contributed by atoms with E-state index in [9.17, 15) is 4.79 Å². The fourth-order valence-corrected chi connectivity index (χ4v) is 2.95. The SMILES string of the molecule is O=C(c1ccc(NCCC2=CCCCC2)nn1)N1CCOCC1. The van der Waals surface area contributed by atoms with Crippen LogP contribution >= 0.6 is 0 Å². The van der Waals surface area contributed by atoms with E-state index in [2.05, 4.69) is 21.6 Å². The third-order valence-electron chi connectivity index (χ3n) is 4.32. The second-order valence-electron chi connectivity index (χ2n) is 5.99. The highest BCUT2D eigenvalue weighted by molar-refractivity contribution is 5.92. The minimum Gasteiger partial charge on any atom is -0.378 e. The molecule has 124 valence electrons. The summed E-state index contributed by atoms with van der Waals surface area (Å²) < 4.78 is 5.25. The van der Waals surface area contributed by atoms with E-state index in [1.807, 2.05) is 6.07 Å². The number of ether oxygens (including phenoxy) is 1. The Hall–Kier alpha value is -1.95. The smallest absolute Gasteiger partial charge is 0.274 e. The van der Waals surface area contributed by atoms with Gasteiger partial charge in [0.25, 0.3) is 5.91 Å². The molecule has 1 aromatic heterocycles. The summed E-state index contributed by atoms with van der Waals surface area (Å²) in [5, 5.41) is 11.5. The maximum absolute atomic E-state index is 12.3. The van der Waals surface area contributed by atoms with Gasteiger partial charge in [-0.15, -0.1) is 10.2 Å². The number of rotatable bonds is 5. The van der Waals surface area contributed by atoms with Crippen LogP contribution in [-0.2, 0) is 4.74 Å². The third-order valence-corrected chi connectivity index (χ3v) is 4.32. The average molecular weight is 316 g/mol. The van der Waals surface area contributed by atoms with Crippen molar-refractivity contribution in [3.05, 3.63) is 29.5 Å². The lowest BCUT2D eigenvalue weighted by Gasteiger charge is -2.26. The number of hydrogen-bond donors (Lipinski definition) is 1. The first-order chi connectivity index (χ1) is 11.3. The highest BCUT2D eigenvalue weighted by atomic mass is 16.5. The van der Waals surface area contributed by atoms with Crippen molar-refractivity contribution in [1.82, 2.24) is 15.1 Å². The van der Waals surface area contributed by atoms with Gasteiger partial charge in [-0.2, -0.15) is 0 Å². The van der Waals surface area contributed by atoms with E-state index in [0.29, 0.717) is 32.0 Å². The average Bonchev–Trinajstić information content (AvgIpc) is 2.63. The number of nitrogens with one attached hydrogen (secondary N) is 1. The van der Waals surface area contributed by atoms with Crippen molar-refractivity contribution in [3.63, 3.8) is 0 Å². The number of amides is 1. The number of allylic oxidation sites excluding steroid dienone is 1. The zero-order valence-corrected chi connectivity index (χ0v) is 13.5. The van der Waals surface area contributed by atoms with Crippen LogP contribution in [0.15, 0.2) is 23.8 Å². The molecule has 1 saturated heterocycles. The summed E-state index contributed by atoms with van der Waals surface area (Å²) in [7, 11) is 0. The second-order valence-corrected chi connectivity index (χ2v) is 5.99. The number of aromatic nitrogens is 2. The monoisotopic (exact) mass is 316 g/mol. The van der Waals surface area contributed by atoms with Crippen molar-refractivity contribution in [3.8, 4) is 0 Å². The lowest BCUT2D eigenvalue weighted by Crippen LogP contribution is -2.41. The van der Waals surface area contributed by atoms with Gasteiger partial charge in [0, 0.05) is 19.6 Å². The van der Waals surface area contributed by atoms with Gasteiger partial charge < -0.3 is 15.0 Å². The fraction of sp³-hybridized carbons (Fsp3) is 0.588. The first kappa shape index (κ1) is 15.9. The highest BCUT2D eigenvalue weighted by Crippen LogP contribution is 2.19. The lowest BCUT2D eigenvalue weighted by molar-refractivity contribution is 0.0298. The molecule has 0 spiro atoms. The molecule has 0 atom stereocenters. The van der Waals surface area contributed by atoms with Crippen molar-refractivity contribution < 1.29 is 9.53 Å². The van der Waals surface area contributed by atoms with Gasteiger partial charge in [-0.05, 0) is 44.2 Å². The van der Waals surface area contributed by atoms with E-state index in [-0.39, 0.29) is 5.91 Å². The zero-order valence-electron chi connectivity index (χ0n) is 13.5. The molecule has 1 fully saturated rings. The maximum Gasteiger partial charge on any atom is 0.274 e. The molecule has 3 rings (SSSR count). The van der Waals surface area contributed by atoms with Gasteiger partial charge in [-0.25, -0.2) is 0 Å². The maximum atomic E-state index is 12.3. The van der Waals surface area contributed by atoms with Crippen LogP contribution in [0.5, 0.6) is 0 Å². The molecule has 0 aromatic carbocycles. The molecular formula is C17H24N4O2. The predicted molar refractivity (Wildman–Crippen MR) is 88.4 cm³/mol. The standard InChI is InChI=1S/C17H24N4O2/c22-17(21-10-12-23-13-11-21)15-6-7-16(20-19-15)18-9-8-14-4-2-1-3-5-14/h4,6-7H,1-3,5,8-13H2,(H,18,20). The van der Waals surface area contributed by atoms with Crippen LogP contribution in [0.2, 0.25) is 0 Å². The first-order valence-electron chi connectivity index (χ1n) is 8.45. The Kier molecular flexibility index (Phi) is 5.58. The molecule has 1 aromatic rings. The molecule has 0 unspecified atom stereocenters. The molecule has 23 heavy (non-hydrogen) atoms. The minimum atomic E-state index is -0.0697. The molecule has 1 amide bonds. The van der Waals surface area contributed by atoms with Crippen LogP contribution in [0.25, 0.3) is 0 Å². The number of carbonyl (C=O) groups is 1. The summed E-state index contributed by atoms with van der Waals surface area (Å²) in [6.07, 6.45) is 8.48. The van der Waals surface area contributed by atoms with E-state index in [1.54, 1.807) is 11.0 Å². The molecule has 2 aliphatic rings. The Labute approximate surface area is 136 Å². The molecule has 2 heterocycles. The number of anilines is 1. The van der Waals surface area contributed by atoms with Crippen molar-refractivity contribution in [2.45, 2.75) is 32.1 Å². The molecule has 0 bridgehead atoms. The van der Waals surface area contributed by atoms with Crippen LogP contribution in [0.4, 0.5) is 5.82 Å². The number of hydrogen-bond acceptors (Lipinski definition) is 5. The summed E-state index contributed by atoms with van der Waals surface area (Å²) >= 11 is 0. The fourth-order valence-electron chi connectivity index (χ4n) is 2.95. The van der Waals surface area contributed by atoms with Crippen LogP contribution in [-0.4, -0.2) is 53.9 Å². The minimum absolute atomic E-state index is 0.0697. The van der Waals surface area contributed by atoms with E-state index in [1.165, 1.54) is 31.3 Å². The van der Waals surface area contributed by atoms with Gasteiger partial charge >= 0.3 is 0 Å². The van der Waals surface area contributed by atoms with Crippen molar-refractivity contribution in [2.75, 3.05) is 38.2 Å². The van der Waals surface area contributed by atoms with E-state index in [0.717, 1.165) is 18.8 Å². The lowest BCUT2D eigenvalue weighted by atomic mass is 9.97. The molecule has 6 heteroatoms. The van der Waals surface area contributed by atoms with Crippen LogP contribution in [0.3, 0.4) is 0 Å². The Morgan fingerprint density at radius 3 is 2.78 bits per heavy atom. The molecular weight excluding hydrogens is 292 g/mol. The van der Waals surface area contributed by atoms with Crippen LogP contribution in [0.1, 0.15) is 42.6 Å². The molecule has 1 aliphatic carbocycles. The first-order valence-corrected chi connectivity index (χ1v) is 8.45. The van der Waals surface area contributed by atoms with Gasteiger partial charge in [-0.1, -0.05) is 11.6 Å². The van der Waals surface area contributed by atoms with Gasteiger partial charge in [0.05, 0.1) is 13.2 Å². The van der Waals surface area contributed by atoms with E-state index in [4.69, 9.17) is 4.74 Å². The summed E-state index contributed by atoms with van der Waals surface area (Å²) in [4.78, 5) is 14.0. The van der Waals surface area contributed by atoms with E-state index < -0.39 is 0 Å². The van der Waals surface area contributed by atoms with Gasteiger partial charge in [0.15, 0.2) is 5.69 Å². The Morgan fingerprint density at radius 2 is 2.09 bits per heavy atom. The van der Waals surface area contributed by atoms with Crippen LogP contribution in [0, 0.1) is 0 Å². The topological polar surface area (TPSA) is 67.4 Å². The van der Waals surface area contributed by atoms with E-state index >= 15 is 0 Å². The van der Waals surface area contributed by atoms with Crippen molar-refractivity contribution in [1.29, 1.82) is 0 Å². The van der Waals surface area contributed by atoms with Gasteiger partial charge in [0.1, 0.15) is 5.82 Å². The number of morpholine rings is 1. The zero-order chi connectivity index (χ0) is 15.9. The Balaban J connectivity index is 1.48. The molecule has 1 aliphatic heterocycles. The van der Waals surface area contributed by atoms with Gasteiger partial charge in [-0.3, -0.25) is 4.79 Å². The molecule has 6 nitrogen and oxygen atoms in total. The largest absolute Gasteiger partial charge is 0.378 e. The predicted octanol–water partition coefficient (Wildman–Crippen LogP) is 2.25. The molecule has 0 radical (unpaired) electrons. The summed E-state index contributed by atoms with van der Waals surface area (Å²) in [6, 6.07) is 3.57. The van der Waals surface area contributed by atoms with Gasteiger partial charge in [0.2, 0.25) is 0 Å². The summed E-state index contributed by atoms with van der Waals surface area (Å²) in [5.41, 5.74) is 1.93. The number of carbonyl (C=O) groups excluding carboxylic acids is 1. The van der Waals surface area contributed by atoms with Crippen molar-refractivity contribution >= 4 is 11.7 Å². The number of nitrogens with zero attached hydrogens (tertiary/aromatic N) is 3. The normalized spacial score (nSPS) is 18.4.